The highest BCUT2D eigenvalue weighted by atomic mass is 79.9. The minimum absolute atomic E-state index is 0.123. The summed E-state index contributed by atoms with van der Waals surface area (Å²) in [5, 5.41) is 9.71. The quantitative estimate of drug-likeness (QED) is 0.750. The van der Waals surface area contributed by atoms with E-state index in [1.54, 1.807) is 7.11 Å². The van der Waals surface area contributed by atoms with Gasteiger partial charge in [0.2, 0.25) is 0 Å². The normalized spacial score (nSPS) is 17.3. The highest BCUT2D eigenvalue weighted by molar-refractivity contribution is 9.11. The summed E-state index contributed by atoms with van der Waals surface area (Å²) in [6.45, 7) is 0.123. The van der Waals surface area contributed by atoms with Crippen LogP contribution in [0.5, 0.6) is 5.75 Å². The maximum absolute atomic E-state index is 9.71. The number of benzene rings is 1. The third kappa shape index (κ3) is 3.86. The van der Waals surface area contributed by atoms with Gasteiger partial charge in [-0.3, -0.25) is 0 Å². The fourth-order valence-corrected chi connectivity index (χ4v) is 4.29. The van der Waals surface area contributed by atoms with Crippen molar-refractivity contribution in [2.75, 3.05) is 13.7 Å². The SMILES string of the molecule is COc1c(Br)cc(Br)cc1/C=C(/CO)C1CCCCC1. The maximum Gasteiger partial charge on any atom is 0.140 e. The van der Waals surface area contributed by atoms with Crippen molar-refractivity contribution in [3.8, 4) is 5.75 Å². The summed E-state index contributed by atoms with van der Waals surface area (Å²) in [4.78, 5) is 0. The second-order valence-electron chi connectivity index (χ2n) is 5.22. The minimum atomic E-state index is 0.123. The first kappa shape index (κ1) is 16.1. The minimum Gasteiger partial charge on any atom is -0.495 e. The zero-order valence-electron chi connectivity index (χ0n) is 11.7. The summed E-state index contributed by atoms with van der Waals surface area (Å²) >= 11 is 7.03. The van der Waals surface area contributed by atoms with E-state index in [0.717, 1.165) is 25.8 Å². The monoisotopic (exact) mass is 402 g/mol. The molecule has 1 fully saturated rings. The average Bonchev–Trinajstić information content (AvgIpc) is 2.45. The van der Waals surface area contributed by atoms with Crippen molar-refractivity contribution in [3.63, 3.8) is 0 Å². The summed E-state index contributed by atoms with van der Waals surface area (Å²) < 4.78 is 7.39. The molecule has 0 aromatic heterocycles. The predicted octanol–water partition coefficient (Wildman–Crippen LogP) is 5.18. The molecule has 0 atom stereocenters. The van der Waals surface area contributed by atoms with E-state index in [4.69, 9.17) is 4.74 Å². The van der Waals surface area contributed by atoms with Crippen LogP contribution in [0.2, 0.25) is 0 Å². The molecule has 0 aliphatic heterocycles. The molecule has 1 aliphatic carbocycles. The average molecular weight is 404 g/mol. The number of rotatable bonds is 4. The Kier molecular flexibility index (Phi) is 6.12. The molecule has 20 heavy (non-hydrogen) atoms. The Labute approximate surface area is 137 Å². The number of halogens is 2. The van der Waals surface area contributed by atoms with E-state index in [0.29, 0.717) is 5.92 Å². The smallest absolute Gasteiger partial charge is 0.140 e. The van der Waals surface area contributed by atoms with Crippen LogP contribution >= 0.6 is 31.9 Å². The van der Waals surface area contributed by atoms with Crippen molar-refractivity contribution in [2.24, 2.45) is 5.92 Å². The predicted molar refractivity (Wildman–Crippen MR) is 90.0 cm³/mol. The largest absolute Gasteiger partial charge is 0.495 e. The molecule has 0 amide bonds. The number of aliphatic hydroxyl groups excluding tert-OH is 1. The summed E-state index contributed by atoms with van der Waals surface area (Å²) in [6.07, 6.45) is 8.31. The molecule has 1 saturated carbocycles. The van der Waals surface area contributed by atoms with Gasteiger partial charge in [-0.25, -0.2) is 0 Å². The Balaban J connectivity index is 2.35. The molecule has 1 aliphatic rings. The Morgan fingerprint density at radius 3 is 2.60 bits per heavy atom. The van der Waals surface area contributed by atoms with Gasteiger partial charge in [-0.15, -0.1) is 0 Å². The van der Waals surface area contributed by atoms with Gasteiger partial charge in [0.05, 0.1) is 18.2 Å². The van der Waals surface area contributed by atoms with Crippen molar-refractivity contribution in [1.29, 1.82) is 0 Å². The molecule has 1 aromatic rings. The molecule has 0 saturated heterocycles. The molecule has 110 valence electrons. The molecule has 1 N–H and O–H groups in total. The van der Waals surface area contributed by atoms with E-state index in [1.165, 1.54) is 32.1 Å². The first-order valence-electron chi connectivity index (χ1n) is 7.00. The molecular formula is C16H20Br2O2. The second-order valence-corrected chi connectivity index (χ2v) is 6.99. The van der Waals surface area contributed by atoms with Crippen molar-refractivity contribution < 1.29 is 9.84 Å². The van der Waals surface area contributed by atoms with Crippen LogP contribution in [0.25, 0.3) is 6.08 Å². The van der Waals surface area contributed by atoms with Gasteiger partial charge in [-0.05, 0) is 58.5 Å². The Morgan fingerprint density at radius 1 is 1.30 bits per heavy atom. The van der Waals surface area contributed by atoms with Gasteiger partial charge in [-0.2, -0.15) is 0 Å². The lowest BCUT2D eigenvalue weighted by Gasteiger charge is -2.24. The van der Waals surface area contributed by atoms with Gasteiger partial charge < -0.3 is 9.84 Å². The van der Waals surface area contributed by atoms with Crippen LogP contribution in [0.15, 0.2) is 26.7 Å². The van der Waals surface area contributed by atoms with Crippen LogP contribution in [-0.4, -0.2) is 18.8 Å². The number of ether oxygens (including phenoxy) is 1. The highest BCUT2D eigenvalue weighted by Crippen LogP contribution is 2.36. The van der Waals surface area contributed by atoms with Crippen molar-refractivity contribution in [3.05, 3.63) is 32.2 Å². The van der Waals surface area contributed by atoms with E-state index in [1.807, 2.05) is 12.1 Å². The maximum atomic E-state index is 9.71. The Morgan fingerprint density at radius 2 is 2.00 bits per heavy atom. The molecule has 2 rings (SSSR count). The topological polar surface area (TPSA) is 29.5 Å². The highest BCUT2D eigenvalue weighted by Gasteiger charge is 2.18. The lowest BCUT2D eigenvalue weighted by molar-refractivity contribution is 0.295. The lowest BCUT2D eigenvalue weighted by atomic mass is 9.83. The van der Waals surface area contributed by atoms with Crippen LogP contribution in [0.1, 0.15) is 37.7 Å². The van der Waals surface area contributed by atoms with Crippen LogP contribution in [0.3, 0.4) is 0 Å². The number of hydrogen-bond donors (Lipinski definition) is 1. The van der Waals surface area contributed by atoms with Gasteiger partial charge in [0.1, 0.15) is 5.75 Å². The fraction of sp³-hybridized carbons (Fsp3) is 0.500. The van der Waals surface area contributed by atoms with E-state index in [2.05, 4.69) is 37.9 Å². The van der Waals surface area contributed by atoms with Crippen LogP contribution < -0.4 is 4.74 Å². The zero-order chi connectivity index (χ0) is 14.5. The molecule has 0 radical (unpaired) electrons. The fourth-order valence-electron chi connectivity index (χ4n) is 2.87. The molecule has 1 aromatic carbocycles. The molecule has 0 heterocycles. The van der Waals surface area contributed by atoms with E-state index < -0.39 is 0 Å². The summed E-state index contributed by atoms with van der Waals surface area (Å²) in [5.41, 5.74) is 2.12. The summed E-state index contributed by atoms with van der Waals surface area (Å²) in [5.74, 6) is 1.33. The lowest BCUT2D eigenvalue weighted by Crippen LogP contribution is -2.11. The van der Waals surface area contributed by atoms with Crippen LogP contribution in [0, 0.1) is 5.92 Å². The molecular weight excluding hydrogens is 384 g/mol. The van der Waals surface area contributed by atoms with Gasteiger partial charge in [0, 0.05) is 10.0 Å². The van der Waals surface area contributed by atoms with Gasteiger partial charge >= 0.3 is 0 Å². The standard InChI is InChI=1S/C16H20Br2O2/c1-20-16-12(8-14(17)9-15(16)18)7-13(10-19)11-5-3-2-4-6-11/h7-9,11,19H,2-6,10H2,1H3/b13-7-. The van der Waals surface area contributed by atoms with Gasteiger partial charge in [-0.1, -0.05) is 35.2 Å². The van der Waals surface area contributed by atoms with Crippen LogP contribution in [0.4, 0.5) is 0 Å². The Hall–Kier alpha value is -0.320. The van der Waals surface area contributed by atoms with Crippen molar-refractivity contribution >= 4 is 37.9 Å². The molecule has 4 heteroatoms. The van der Waals surface area contributed by atoms with Gasteiger partial charge in [0.25, 0.3) is 0 Å². The third-order valence-electron chi connectivity index (χ3n) is 3.89. The molecule has 2 nitrogen and oxygen atoms in total. The summed E-state index contributed by atoms with van der Waals surface area (Å²) in [6, 6.07) is 4.00. The van der Waals surface area contributed by atoms with Crippen molar-refractivity contribution in [2.45, 2.75) is 32.1 Å². The molecule has 0 bridgehead atoms. The number of methoxy groups -OCH3 is 1. The zero-order valence-corrected chi connectivity index (χ0v) is 14.8. The third-order valence-corrected chi connectivity index (χ3v) is 4.94. The van der Waals surface area contributed by atoms with Crippen molar-refractivity contribution in [1.82, 2.24) is 0 Å². The van der Waals surface area contributed by atoms with E-state index in [9.17, 15) is 5.11 Å². The summed E-state index contributed by atoms with van der Waals surface area (Å²) in [7, 11) is 1.67. The van der Waals surface area contributed by atoms with E-state index >= 15 is 0 Å². The number of aliphatic hydroxyl groups is 1. The number of hydrogen-bond acceptors (Lipinski definition) is 2. The van der Waals surface area contributed by atoms with Crippen LogP contribution in [-0.2, 0) is 0 Å². The molecule has 0 unspecified atom stereocenters. The Bertz CT molecular complexity index is 491. The molecule has 0 spiro atoms. The van der Waals surface area contributed by atoms with E-state index in [-0.39, 0.29) is 6.61 Å². The second kappa shape index (κ2) is 7.62. The first-order valence-corrected chi connectivity index (χ1v) is 8.58. The van der Waals surface area contributed by atoms with Gasteiger partial charge in [0.15, 0.2) is 0 Å². The first-order chi connectivity index (χ1) is 9.65.